The molecule has 1 saturated heterocycles. The van der Waals surface area contributed by atoms with Crippen molar-refractivity contribution in [3.05, 3.63) is 71.8 Å². The van der Waals surface area contributed by atoms with Crippen LogP contribution in [0.1, 0.15) is 38.3 Å². The van der Waals surface area contributed by atoms with Gasteiger partial charge >= 0.3 is 0 Å². The molecule has 3 atom stereocenters. The Morgan fingerprint density at radius 1 is 1.03 bits per heavy atom. The van der Waals surface area contributed by atoms with Crippen molar-refractivity contribution in [2.45, 2.75) is 76.4 Å². The third kappa shape index (κ3) is 6.32. The Morgan fingerprint density at radius 2 is 1.61 bits per heavy atom. The van der Waals surface area contributed by atoms with E-state index < -0.39 is 14.4 Å². The van der Waals surface area contributed by atoms with Gasteiger partial charge in [0, 0.05) is 12.6 Å². The average Bonchev–Trinajstić information content (AvgIpc) is 2.79. The van der Waals surface area contributed by atoms with Crippen molar-refractivity contribution in [3.63, 3.8) is 0 Å². The molecule has 1 N–H and O–H groups in total. The van der Waals surface area contributed by atoms with Crippen LogP contribution in [0, 0.1) is 11.3 Å². The van der Waals surface area contributed by atoms with Crippen LogP contribution in [0.4, 0.5) is 0 Å². The molecule has 2 aromatic rings. The summed E-state index contributed by atoms with van der Waals surface area (Å²) in [7, 11) is -2.01. The van der Waals surface area contributed by atoms with Gasteiger partial charge in [-0.05, 0) is 42.1 Å². The van der Waals surface area contributed by atoms with Crippen molar-refractivity contribution >= 4 is 14.2 Å². The SMILES string of the molecule is CC(C)(C)[Si](C)(C)OC[C@@H]1[C@@H](CCc2ccccc2)N[C@H](C#N)C(=O)N1Cc1ccccc1. The Morgan fingerprint density at radius 3 is 2.15 bits per heavy atom. The summed E-state index contributed by atoms with van der Waals surface area (Å²) < 4.78 is 6.62. The molecular formula is C27H37N3O2Si. The molecule has 0 aromatic heterocycles. The molecule has 1 fully saturated rings. The smallest absolute Gasteiger partial charge is 0.255 e. The van der Waals surface area contributed by atoms with Gasteiger partial charge in [0.1, 0.15) is 0 Å². The van der Waals surface area contributed by atoms with Crippen LogP contribution in [-0.2, 0) is 22.2 Å². The number of benzene rings is 2. The second-order valence-electron chi connectivity index (χ2n) is 10.4. The van der Waals surface area contributed by atoms with Crippen LogP contribution in [0.3, 0.4) is 0 Å². The molecule has 1 aliphatic rings. The van der Waals surface area contributed by atoms with E-state index in [1.165, 1.54) is 5.56 Å². The molecule has 2 aromatic carbocycles. The molecule has 1 aliphatic heterocycles. The number of carbonyl (C=O) groups excluding carboxylic acids is 1. The van der Waals surface area contributed by atoms with Gasteiger partial charge in [0.25, 0.3) is 5.91 Å². The maximum Gasteiger partial charge on any atom is 0.255 e. The largest absolute Gasteiger partial charge is 0.415 e. The highest BCUT2D eigenvalue weighted by molar-refractivity contribution is 6.74. The topological polar surface area (TPSA) is 65.4 Å². The highest BCUT2D eigenvalue weighted by Gasteiger charge is 2.44. The van der Waals surface area contributed by atoms with Gasteiger partial charge in [0.15, 0.2) is 14.4 Å². The van der Waals surface area contributed by atoms with Crippen LogP contribution in [0.5, 0.6) is 0 Å². The van der Waals surface area contributed by atoms with Gasteiger partial charge in [0.05, 0.1) is 18.7 Å². The number of hydrogen-bond acceptors (Lipinski definition) is 4. The summed E-state index contributed by atoms with van der Waals surface area (Å²) in [6.07, 6.45) is 1.70. The second-order valence-corrected chi connectivity index (χ2v) is 15.3. The fourth-order valence-electron chi connectivity index (χ4n) is 3.97. The van der Waals surface area contributed by atoms with Gasteiger partial charge < -0.3 is 9.33 Å². The summed E-state index contributed by atoms with van der Waals surface area (Å²) in [5, 5.41) is 13.1. The zero-order valence-electron chi connectivity index (χ0n) is 20.5. The lowest BCUT2D eigenvalue weighted by molar-refractivity contribution is -0.141. The zero-order valence-corrected chi connectivity index (χ0v) is 21.5. The molecule has 0 spiro atoms. The summed E-state index contributed by atoms with van der Waals surface area (Å²) >= 11 is 0. The van der Waals surface area contributed by atoms with Crippen LogP contribution >= 0.6 is 0 Å². The van der Waals surface area contributed by atoms with E-state index in [0.29, 0.717) is 13.2 Å². The summed E-state index contributed by atoms with van der Waals surface area (Å²) in [6, 6.07) is 21.5. The number of amides is 1. The zero-order chi connectivity index (χ0) is 24.1. The molecule has 0 radical (unpaired) electrons. The molecule has 0 bridgehead atoms. The molecule has 0 unspecified atom stereocenters. The maximum absolute atomic E-state index is 13.3. The van der Waals surface area contributed by atoms with E-state index in [9.17, 15) is 10.1 Å². The minimum Gasteiger partial charge on any atom is -0.415 e. The molecule has 33 heavy (non-hydrogen) atoms. The Labute approximate surface area is 199 Å². The van der Waals surface area contributed by atoms with Crippen LogP contribution in [0.25, 0.3) is 0 Å². The van der Waals surface area contributed by atoms with Gasteiger partial charge in [-0.25, -0.2) is 0 Å². The summed E-state index contributed by atoms with van der Waals surface area (Å²) in [4.78, 5) is 15.2. The molecule has 0 aliphatic carbocycles. The standard InChI is InChI=1S/C27H37N3O2Si/c1-27(2,3)33(4,5)32-20-25-23(17-16-21-12-8-6-9-13-21)29-24(18-28)26(31)30(25)19-22-14-10-7-11-15-22/h6-15,23-25,29H,16-17,19-20H2,1-5H3/t23-,24-,25-/m1/s1. The predicted octanol–water partition coefficient (Wildman–Crippen LogP) is 4.90. The van der Waals surface area contributed by atoms with Crippen molar-refractivity contribution in [1.29, 1.82) is 5.26 Å². The third-order valence-electron chi connectivity index (χ3n) is 7.11. The minimum atomic E-state index is -2.01. The van der Waals surface area contributed by atoms with Gasteiger partial charge in [-0.3, -0.25) is 10.1 Å². The molecule has 3 rings (SSSR count). The van der Waals surface area contributed by atoms with E-state index in [0.717, 1.165) is 18.4 Å². The molecule has 176 valence electrons. The second kappa shape index (κ2) is 10.6. The van der Waals surface area contributed by atoms with E-state index in [1.54, 1.807) is 0 Å². The predicted molar refractivity (Wildman–Crippen MR) is 135 cm³/mol. The van der Waals surface area contributed by atoms with Gasteiger partial charge in [0.2, 0.25) is 0 Å². The number of nitrogens with zero attached hydrogens (tertiary/aromatic N) is 2. The summed E-state index contributed by atoms with van der Waals surface area (Å²) in [5.41, 5.74) is 2.31. The third-order valence-corrected chi connectivity index (χ3v) is 11.6. The first-order chi connectivity index (χ1) is 15.6. The van der Waals surface area contributed by atoms with E-state index in [2.05, 4.69) is 57.4 Å². The van der Waals surface area contributed by atoms with Crippen LogP contribution < -0.4 is 5.32 Å². The van der Waals surface area contributed by atoms with Gasteiger partial charge in [-0.2, -0.15) is 5.26 Å². The number of carbonyl (C=O) groups is 1. The number of nitrogens with one attached hydrogen (secondary N) is 1. The lowest BCUT2D eigenvalue weighted by atomic mass is 9.94. The van der Waals surface area contributed by atoms with Gasteiger partial charge in [-0.15, -0.1) is 0 Å². The maximum atomic E-state index is 13.3. The molecule has 1 amide bonds. The highest BCUT2D eigenvalue weighted by atomic mass is 28.4. The number of nitriles is 1. The fourth-order valence-corrected chi connectivity index (χ4v) is 4.99. The lowest BCUT2D eigenvalue weighted by Crippen LogP contribution is -2.66. The van der Waals surface area contributed by atoms with E-state index in [-0.39, 0.29) is 23.0 Å². The first-order valence-electron chi connectivity index (χ1n) is 11.8. The molecule has 5 nitrogen and oxygen atoms in total. The van der Waals surface area contributed by atoms with Crippen molar-refractivity contribution in [3.8, 4) is 6.07 Å². The van der Waals surface area contributed by atoms with Gasteiger partial charge in [-0.1, -0.05) is 81.4 Å². The quantitative estimate of drug-likeness (QED) is 0.566. The molecular weight excluding hydrogens is 426 g/mol. The Balaban J connectivity index is 1.88. The van der Waals surface area contributed by atoms with Crippen molar-refractivity contribution in [2.75, 3.05) is 6.61 Å². The summed E-state index contributed by atoms with van der Waals surface area (Å²) in [6.45, 7) is 12.1. The fraction of sp³-hybridized carbons (Fsp3) is 0.481. The molecule has 1 heterocycles. The monoisotopic (exact) mass is 463 g/mol. The highest BCUT2D eigenvalue weighted by Crippen LogP contribution is 2.37. The lowest BCUT2D eigenvalue weighted by Gasteiger charge is -2.46. The first-order valence-corrected chi connectivity index (χ1v) is 14.7. The average molecular weight is 464 g/mol. The number of aryl methyl sites for hydroxylation is 1. The van der Waals surface area contributed by atoms with Crippen LogP contribution in [0.15, 0.2) is 60.7 Å². The van der Waals surface area contributed by atoms with Crippen LogP contribution in [0.2, 0.25) is 18.1 Å². The van der Waals surface area contributed by atoms with E-state index in [4.69, 9.17) is 4.43 Å². The number of piperazine rings is 1. The summed E-state index contributed by atoms with van der Waals surface area (Å²) in [5.74, 6) is -0.166. The first kappa shape index (κ1) is 25.2. The minimum absolute atomic E-state index is 0.0268. The molecule has 0 saturated carbocycles. The Bertz CT molecular complexity index is 951. The van der Waals surface area contributed by atoms with E-state index in [1.807, 2.05) is 53.4 Å². The number of hydrogen-bond donors (Lipinski definition) is 1. The van der Waals surface area contributed by atoms with E-state index >= 15 is 0 Å². The molecule has 6 heteroatoms. The normalized spacial score (nSPS) is 21.6. The Hall–Kier alpha value is -2.46. The Kier molecular flexibility index (Phi) is 8.12. The van der Waals surface area contributed by atoms with Crippen molar-refractivity contribution < 1.29 is 9.22 Å². The van der Waals surface area contributed by atoms with Crippen LogP contribution in [-0.4, -0.2) is 43.9 Å². The van der Waals surface area contributed by atoms with Crippen molar-refractivity contribution in [1.82, 2.24) is 10.2 Å². The van der Waals surface area contributed by atoms with Crippen molar-refractivity contribution in [2.24, 2.45) is 0 Å². The number of rotatable bonds is 8.